The van der Waals surface area contributed by atoms with Gasteiger partial charge in [0.25, 0.3) is 0 Å². The molecule has 1 unspecified atom stereocenters. The van der Waals surface area contributed by atoms with E-state index in [4.69, 9.17) is 11.6 Å². The van der Waals surface area contributed by atoms with Crippen molar-refractivity contribution in [3.05, 3.63) is 44.9 Å². The molecule has 1 aromatic heterocycles. The van der Waals surface area contributed by atoms with Gasteiger partial charge in [0.2, 0.25) is 0 Å². The number of rotatable bonds is 3. The summed E-state index contributed by atoms with van der Waals surface area (Å²) >= 11 is 10.0. The predicted octanol–water partition coefficient (Wildman–Crippen LogP) is 4.34. The lowest BCUT2D eigenvalue weighted by atomic mass is 10.0. The van der Waals surface area contributed by atoms with Gasteiger partial charge in [-0.05, 0) is 50.0 Å². The summed E-state index contributed by atoms with van der Waals surface area (Å²) in [6.07, 6.45) is 4.02. The van der Waals surface area contributed by atoms with E-state index < -0.39 is 0 Å². The van der Waals surface area contributed by atoms with Gasteiger partial charge in [0.1, 0.15) is 5.01 Å². The molecule has 3 rings (SSSR count). The zero-order valence-electron chi connectivity index (χ0n) is 11.4. The minimum Gasteiger partial charge on any atom is -0.316 e. The zero-order chi connectivity index (χ0) is 13.9. The fourth-order valence-corrected chi connectivity index (χ4v) is 4.77. The Kier molecular flexibility index (Phi) is 4.66. The number of fused-ring (bicyclic) bond motifs is 1. The molecule has 2 nitrogen and oxygen atoms in total. The lowest BCUT2D eigenvalue weighted by molar-refractivity contribution is 0.709. The van der Waals surface area contributed by atoms with Gasteiger partial charge in [-0.1, -0.05) is 17.7 Å². The lowest BCUT2D eigenvalue weighted by Crippen LogP contribution is -2.16. The molecule has 0 spiro atoms. The molecular formula is C15H17ClN2S2. The highest BCUT2D eigenvalue weighted by Gasteiger charge is 2.19. The van der Waals surface area contributed by atoms with Gasteiger partial charge in [-0.3, -0.25) is 0 Å². The topological polar surface area (TPSA) is 24.9 Å². The molecule has 0 amide bonds. The highest BCUT2D eigenvalue weighted by Crippen LogP contribution is 2.42. The highest BCUT2D eigenvalue weighted by molar-refractivity contribution is 7.99. The summed E-state index contributed by atoms with van der Waals surface area (Å²) in [4.78, 5) is 5.66. The number of hydrogen-bond donors (Lipinski definition) is 1. The van der Waals surface area contributed by atoms with Crippen LogP contribution in [0.3, 0.4) is 0 Å². The molecule has 1 aliphatic heterocycles. The van der Waals surface area contributed by atoms with Gasteiger partial charge in [-0.15, -0.1) is 23.1 Å². The quantitative estimate of drug-likeness (QED) is 0.850. The standard InChI is InChI=1S/C15H17ClN2S2/c1-10(15-18-8-9-19-15)20-14-12-5-7-17-6-4-11(12)2-3-13(14)16/h2-3,8-10,17H,4-7H2,1H3. The SMILES string of the molecule is CC(Sc1c(Cl)ccc2c1CCNCC2)c1nccs1. The van der Waals surface area contributed by atoms with Crippen LogP contribution in [0.4, 0.5) is 0 Å². The average molecular weight is 325 g/mol. The molecule has 106 valence electrons. The van der Waals surface area contributed by atoms with Gasteiger partial charge in [0.15, 0.2) is 0 Å². The Morgan fingerprint density at radius 2 is 2.20 bits per heavy atom. The number of nitrogens with zero attached hydrogens (tertiary/aromatic N) is 1. The average Bonchev–Trinajstić information content (AvgIpc) is 2.88. The van der Waals surface area contributed by atoms with Crippen LogP contribution in [0.25, 0.3) is 0 Å². The van der Waals surface area contributed by atoms with Crippen molar-refractivity contribution in [2.75, 3.05) is 13.1 Å². The maximum atomic E-state index is 6.46. The first-order chi connectivity index (χ1) is 9.75. The number of thioether (sulfide) groups is 1. The Hall–Kier alpha value is -0.550. The van der Waals surface area contributed by atoms with Crippen LogP contribution in [0.15, 0.2) is 28.6 Å². The number of benzene rings is 1. The van der Waals surface area contributed by atoms with Crippen molar-refractivity contribution in [3.8, 4) is 0 Å². The number of hydrogen-bond acceptors (Lipinski definition) is 4. The summed E-state index contributed by atoms with van der Waals surface area (Å²) in [5.41, 5.74) is 2.86. The van der Waals surface area contributed by atoms with Gasteiger partial charge in [-0.2, -0.15) is 0 Å². The summed E-state index contributed by atoms with van der Waals surface area (Å²) in [5.74, 6) is 0. The molecule has 2 aromatic rings. The summed E-state index contributed by atoms with van der Waals surface area (Å²) in [7, 11) is 0. The van der Waals surface area contributed by atoms with E-state index >= 15 is 0 Å². The van der Waals surface area contributed by atoms with E-state index in [-0.39, 0.29) is 0 Å². The Balaban J connectivity index is 1.92. The second-order valence-electron chi connectivity index (χ2n) is 4.89. The Labute approximate surface area is 133 Å². The fraction of sp³-hybridized carbons (Fsp3) is 0.400. The molecule has 5 heteroatoms. The number of nitrogens with one attached hydrogen (secondary N) is 1. The van der Waals surface area contributed by atoms with Gasteiger partial charge >= 0.3 is 0 Å². The van der Waals surface area contributed by atoms with Crippen LogP contribution in [0.2, 0.25) is 5.02 Å². The maximum Gasteiger partial charge on any atom is 0.106 e. The van der Waals surface area contributed by atoms with E-state index in [1.54, 1.807) is 11.3 Å². The Bertz CT molecular complexity index is 584. The molecule has 0 bridgehead atoms. The molecule has 2 heterocycles. The normalized spacial score (nSPS) is 16.5. The van der Waals surface area contributed by atoms with Gasteiger partial charge in [0, 0.05) is 16.5 Å². The molecular weight excluding hydrogens is 308 g/mol. The second-order valence-corrected chi connectivity index (χ2v) is 7.58. The van der Waals surface area contributed by atoms with Crippen LogP contribution in [0, 0.1) is 0 Å². The summed E-state index contributed by atoms with van der Waals surface area (Å²) in [6, 6.07) is 4.23. The smallest absolute Gasteiger partial charge is 0.106 e. The van der Waals surface area contributed by atoms with Crippen molar-refractivity contribution in [3.63, 3.8) is 0 Å². The minimum atomic E-state index is 0.343. The first-order valence-corrected chi connectivity index (χ1v) is 8.96. The van der Waals surface area contributed by atoms with E-state index in [0.29, 0.717) is 5.25 Å². The van der Waals surface area contributed by atoms with E-state index in [1.165, 1.54) is 16.0 Å². The molecule has 0 aliphatic carbocycles. The van der Waals surface area contributed by atoms with Crippen molar-refractivity contribution in [1.82, 2.24) is 10.3 Å². The molecule has 1 atom stereocenters. The largest absolute Gasteiger partial charge is 0.316 e. The van der Waals surface area contributed by atoms with Crippen LogP contribution in [-0.4, -0.2) is 18.1 Å². The second kappa shape index (κ2) is 6.48. The first-order valence-electron chi connectivity index (χ1n) is 6.82. The Morgan fingerprint density at radius 1 is 1.35 bits per heavy atom. The maximum absolute atomic E-state index is 6.46. The van der Waals surface area contributed by atoms with Crippen molar-refractivity contribution in [2.45, 2.75) is 29.9 Å². The van der Waals surface area contributed by atoms with Gasteiger partial charge < -0.3 is 5.32 Å². The van der Waals surface area contributed by atoms with E-state index in [1.807, 2.05) is 29.4 Å². The predicted molar refractivity (Wildman–Crippen MR) is 88.1 cm³/mol. The van der Waals surface area contributed by atoms with Gasteiger partial charge in [0.05, 0.1) is 10.3 Å². The third-order valence-corrected chi connectivity index (χ3v) is 6.34. The summed E-state index contributed by atoms with van der Waals surface area (Å²) in [6.45, 7) is 4.29. The molecule has 1 aromatic carbocycles. The van der Waals surface area contributed by atoms with Crippen molar-refractivity contribution < 1.29 is 0 Å². The van der Waals surface area contributed by atoms with Crippen molar-refractivity contribution in [2.24, 2.45) is 0 Å². The summed E-state index contributed by atoms with van der Waals surface area (Å²) < 4.78 is 0. The van der Waals surface area contributed by atoms with Crippen LogP contribution in [-0.2, 0) is 12.8 Å². The van der Waals surface area contributed by atoms with Crippen LogP contribution in [0.5, 0.6) is 0 Å². The molecule has 1 aliphatic rings. The van der Waals surface area contributed by atoms with E-state index in [0.717, 1.165) is 36.0 Å². The van der Waals surface area contributed by atoms with E-state index in [2.05, 4.69) is 23.3 Å². The zero-order valence-corrected chi connectivity index (χ0v) is 13.7. The van der Waals surface area contributed by atoms with Crippen molar-refractivity contribution in [1.29, 1.82) is 0 Å². The highest BCUT2D eigenvalue weighted by atomic mass is 35.5. The van der Waals surface area contributed by atoms with Crippen LogP contribution >= 0.6 is 34.7 Å². The van der Waals surface area contributed by atoms with Crippen LogP contribution < -0.4 is 5.32 Å². The third kappa shape index (κ3) is 3.03. The number of thiazole rings is 1. The summed E-state index contributed by atoms with van der Waals surface area (Å²) in [5, 5.41) is 7.87. The molecule has 1 N–H and O–H groups in total. The third-order valence-electron chi connectivity index (χ3n) is 3.53. The lowest BCUT2D eigenvalue weighted by Gasteiger charge is -2.16. The van der Waals surface area contributed by atoms with Gasteiger partial charge in [-0.25, -0.2) is 4.98 Å². The number of aromatic nitrogens is 1. The van der Waals surface area contributed by atoms with Crippen LogP contribution in [0.1, 0.15) is 28.3 Å². The Morgan fingerprint density at radius 3 is 3.00 bits per heavy atom. The molecule has 0 radical (unpaired) electrons. The molecule has 0 saturated carbocycles. The molecule has 20 heavy (non-hydrogen) atoms. The molecule has 0 fully saturated rings. The van der Waals surface area contributed by atoms with Crippen molar-refractivity contribution >= 4 is 34.7 Å². The minimum absolute atomic E-state index is 0.343. The van der Waals surface area contributed by atoms with E-state index in [9.17, 15) is 0 Å². The number of halogens is 1. The molecule has 0 saturated heterocycles. The first kappa shape index (κ1) is 14.4. The monoisotopic (exact) mass is 324 g/mol. The fourth-order valence-electron chi connectivity index (χ4n) is 2.50.